The molecule has 0 spiro atoms. The Morgan fingerprint density at radius 2 is 1.88 bits per heavy atom. The molecule has 1 N–H and O–H groups in total. The summed E-state index contributed by atoms with van der Waals surface area (Å²) in [4.78, 5) is 24.7. The zero-order chi connectivity index (χ0) is 24.9. The summed E-state index contributed by atoms with van der Waals surface area (Å²) in [5.74, 6) is -0.652. The van der Waals surface area contributed by atoms with Crippen LogP contribution in [0.2, 0.25) is 5.02 Å². The highest BCUT2D eigenvalue weighted by Gasteiger charge is 2.22. The van der Waals surface area contributed by atoms with Gasteiger partial charge in [0.1, 0.15) is 12.4 Å². The summed E-state index contributed by atoms with van der Waals surface area (Å²) < 4.78 is 29.6. The van der Waals surface area contributed by atoms with E-state index >= 15 is 0 Å². The van der Waals surface area contributed by atoms with Crippen LogP contribution in [0.3, 0.4) is 0 Å². The largest absolute Gasteiger partial charge is 0.493 e. The average Bonchev–Trinajstić information content (AvgIpc) is 3.12. The molecule has 34 heavy (non-hydrogen) atoms. The first-order valence-corrected chi connectivity index (χ1v) is 10.7. The highest BCUT2D eigenvalue weighted by Crippen LogP contribution is 2.37. The second-order valence-electron chi connectivity index (χ2n) is 8.14. The molecule has 0 atom stereocenters. The number of amides is 1. The zero-order valence-electron chi connectivity index (χ0n) is 19.2. The van der Waals surface area contributed by atoms with E-state index in [2.05, 4.69) is 10.4 Å². The normalized spacial score (nSPS) is 11.6. The second-order valence-corrected chi connectivity index (χ2v) is 8.51. The van der Waals surface area contributed by atoms with Gasteiger partial charge in [0.25, 0.3) is 0 Å². The van der Waals surface area contributed by atoms with Gasteiger partial charge in [0.2, 0.25) is 11.8 Å². The lowest BCUT2D eigenvalue weighted by molar-refractivity contribution is -0.123. The Morgan fingerprint density at radius 1 is 1.18 bits per heavy atom. The fourth-order valence-corrected chi connectivity index (χ4v) is 3.69. The topological polar surface area (TPSA) is 95.6 Å². The summed E-state index contributed by atoms with van der Waals surface area (Å²) in [6, 6.07) is 9.46. The van der Waals surface area contributed by atoms with Crippen LogP contribution in [0.5, 0.6) is 11.5 Å². The molecule has 0 saturated heterocycles. The molecule has 8 nitrogen and oxygen atoms in total. The van der Waals surface area contributed by atoms with Crippen molar-refractivity contribution in [3.05, 3.63) is 74.8 Å². The highest BCUT2D eigenvalue weighted by molar-refractivity contribution is 6.34. The monoisotopic (exact) mass is 489 g/mol. The van der Waals surface area contributed by atoms with Gasteiger partial charge in [-0.05, 0) is 61.7 Å². The fourth-order valence-electron chi connectivity index (χ4n) is 3.39. The molecule has 10 heteroatoms. The number of halogens is 2. The Balaban J connectivity index is 1.67. The van der Waals surface area contributed by atoms with Crippen LogP contribution in [0.1, 0.15) is 30.9 Å². The van der Waals surface area contributed by atoms with Gasteiger partial charge in [0.05, 0.1) is 19.2 Å². The number of hydrogen-bond donors (Lipinski definition) is 1. The summed E-state index contributed by atoms with van der Waals surface area (Å²) in [7, 11) is 2.98. The van der Waals surface area contributed by atoms with E-state index in [1.54, 1.807) is 30.3 Å². The van der Waals surface area contributed by atoms with Crippen LogP contribution in [0.25, 0.3) is 12.2 Å². The summed E-state index contributed by atoms with van der Waals surface area (Å²) >= 11 is 6.35. The zero-order valence-corrected chi connectivity index (χ0v) is 20.0. The smallest absolute Gasteiger partial charge is 0.437 e. The van der Waals surface area contributed by atoms with Gasteiger partial charge in [-0.25, -0.2) is 9.18 Å². The minimum Gasteiger partial charge on any atom is -0.493 e. The molecule has 0 saturated carbocycles. The minimum atomic E-state index is -0.774. The van der Waals surface area contributed by atoms with Gasteiger partial charge in [-0.1, -0.05) is 23.7 Å². The molecule has 1 heterocycles. The Bertz CT molecular complexity index is 1250. The van der Waals surface area contributed by atoms with Crippen LogP contribution in [0, 0.1) is 5.82 Å². The summed E-state index contributed by atoms with van der Waals surface area (Å²) in [6.45, 7) is 3.35. The lowest BCUT2D eigenvalue weighted by Gasteiger charge is -2.26. The summed E-state index contributed by atoms with van der Waals surface area (Å²) in [5.41, 5.74) is 0.832. The van der Waals surface area contributed by atoms with Crippen molar-refractivity contribution >= 4 is 29.7 Å². The molecule has 1 aromatic heterocycles. The molecule has 0 fully saturated rings. The number of nitrogens with one attached hydrogen (secondary N) is 1. The van der Waals surface area contributed by atoms with Gasteiger partial charge in [-0.15, -0.1) is 5.10 Å². The first-order chi connectivity index (χ1) is 16.1. The van der Waals surface area contributed by atoms with Crippen molar-refractivity contribution in [2.24, 2.45) is 0 Å². The Hall–Kier alpha value is -3.59. The summed E-state index contributed by atoms with van der Waals surface area (Å²) in [5, 5.41) is 7.22. The van der Waals surface area contributed by atoms with E-state index in [4.69, 9.17) is 25.5 Å². The molecule has 1 amide bonds. The molecule has 0 aliphatic carbocycles. The van der Waals surface area contributed by atoms with Crippen molar-refractivity contribution in [1.29, 1.82) is 0 Å². The van der Waals surface area contributed by atoms with Crippen molar-refractivity contribution in [2.75, 3.05) is 14.2 Å². The van der Waals surface area contributed by atoms with Gasteiger partial charge < -0.3 is 19.2 Å². The maximum absolute atomic E-state index is 13.1. The number of benzene rings is 2. The van der Waals surface area contributed by atoms with Gasteiger partial charge in [0.15, 0.2) is 11.5 Å². The van der Waals surface area contributed by atoms with E-state index in [1.807, 2.05) is 13.8 Å². The van der Waals surface area contributed by atoms with E-state index in [1.165, 1.54) is 32.4 Å². The molecular formula is C24H25ClFN3O5. The fraction of sp³-hybridized carbons (Fsp3) is 0.292. The van der Waals surface area contributed by atoms with Gasteiger partial charge in [-0.2, -0.15) is 4.68 Å². The van der Waals surface area contributed by atoms with E-state index in [0.29, 0.717) is 28.5 Å². The molecule has 3 aromatic rings. The SMILES string of the molecule is COc1ccc(C=Cc2nn(CC(=O)NC(C)(C)Cc3ccc(F)cc3)c(=O)o2)c(Cl)c1OC. The maximum atomic E-state index is 13.1. The van der Waals surface area contributed by atoms with Crippen LogP contribution in [-0.2, 0) is 17.8 Å². The standard InChI is InChI=1S/C24H25ClFN3O5/c1-24(2,13-15-5-9-17(26)10-6-15)27-19(30)14-29-23(31)34-20(28-29)12-8-16-7-11-18(32-3)22(33-4)21(16)25/h5-12H,13-14H2,1-4H3,(H,27,30). The molecule has 2 aromatic carbocycles. The highest BCUT2D eigenvalue weighted by atomic mass is 35.5. The number of methoxy groups -OCH3 is 2. The number of nitrogens with zero attached hydrogens (tertiary/aromatic N) is 2. The van der Waals surface area contributed by atoms with E-state index in [9.17, 15) is 14.0 Å². The molecule has 0 aliphatic rings. The minimum absolute atomic E-state index is 0.00854. The lowest BCUT2D eigenvalue weighted by Crippen LogP contribution is -2.47. The summed E-state index contributed by atoms with van der Waals surface area (Å²) in [6.07, 6.45) is 3.54. The maximum Gasteiger partial charge on any atom is 0.437 e. The molecule has 0 bridgehead atoms. The Morgan fingerprint density at radius 3 is 2.53 bits per heavy atom. The first kappa shape index (κ1) is 25.0. The van der Waals surface area contributed by atoms with Crippen molar-refractivity contribution in [3.63, 3.8) is 0 Å². The van der Waals surface area contributed by atoms with Crippen molar-refractivity contribution in [2.45, 2.75) is 32.4 Å². The van der Waals surface area contributed by atoms with Crippen molar-refractivity contribution in [3.8, 4) is 11.5 Å². The number of rotatable bonds is 9. The molecule has 0 unspecified atom stereocenters. The van der Waals surface area contributed by atoms with Crippen LogP contribution in [0.4, 0.5) is 4.39 Å². The van der Waals surface area contributed by atoms with Crippen LogP contribution in [0.15, 0.2) is 45.6 Å². The van der Waals surface area contributed by atoms with E-state index < -0.39 is 17.2 Å². The van der Waals surface area contributed by atoms with E-state index in [0.717, 1.165) is 10.2 Å². The first-order valence-electron chi connectivity index (χ1n) is 10.3. The van der Waals surface area contributed by atoms with E-state index in [-0.39, 0.29) is 18.3 Å². The number of ether oxygens (including phenoxy) is 2. The molecule has 3 rings (SSSR count). The predicted octanol–water partition coefficient (Wildman–Crippen LogP) is 3.95. The second kappa shape index (κ2) is 10.6. The van der Waals surface area contributed by atoms with Gasteiger partial charge in [0, 0.05) is 11.6 Å². The number of carbonyl (C=O) groups is 1. The lowest BCUT2D eigenvalue weighted by atomic mass is 9.95. The van der Waals surface area contributed by atoms with Crippen LogP contribution >= 0.6 is 11.6 Å². The third-order valence-electron chi connectivity index (χ3n) is 4.87. The molecule has 0 aliphatic heterocycles. The van der Waals surface area contributed by atoms with Crippen LogP contribution < -0.4 is 20.5 Å². The van der Waals surface area contributed by atoms with Gasteiger partial charge in [-0.3, -0.25) is 4.79 Å². The Kier molecular flexibility index (Phi) is 7.78. The quantitative estimate of drug-likeness (QED) is 0.489. The van der Waals surface area contributed by atoms with Crippen molar-refractivity contribution in [1.82, 2.24) is 15.1 Å². The number of aromatic nitrogens is 2. The van der Waals surface area contributed by atoms with Gasteiger partial charge >= 0.3 is 5.76 Å². The molecule has 0 radical (unpaired) electrons. The third kappa shape index (κ3) is 6.26. The third-order valence-corrected chi connectivity index (χ3v) is 5.26. The number of carbonyl (C=O) groups excluding carboxylic acids is 1. The Labute approximate surface area is 200 Å². The number of hydrogen-bond acceptors (Lipinski definition) is 6. The predicted molar refractivity (Wildman–Crippen MR) is 127 cm³/mol. The van der Waals surface area contributed by atoms with Crippen LogP contribution in [-0.4, -0.2) is 35.4 Å². The average molecular weight is 490 g/mol. The molecular weight excluding hydrogens is 465 g/mol. The molecule has 180 valence electrons. The van der Waals surface area contributed by atoms with Crippen molar-refractivity contribution < 1.29 is 23.1 Å².